The van der Waals surface area contributed by atoms with Crippen LogP contribution < -0.4 is 15.0 Å². The van der Waals surface area contributed by atoms with Gasteiger partial charge < -0.3 is 20.1 Å². The van der Waals surface area contributed by atoms with Crippen LogP contribution in [0.5, 0.6) is 11.5 Å². The Hall–Kier alpha value is -3.02. The number of hydrogen-bond donors (Lipinski definition) is 2. The minimum Gasteiger partial charge on any atom is -0.506 e. The van der Waals surface area contributed by atoms with Crippen molar-refractivity contribution in [2.75, 3.05) is 23.3 Å². The van der Waals surface area contributed by atoms with Crippen LogP contribution >= 0.6 is 0 Å². The molecule has 0 atom stereocenters. The maximum absolute atomic E-state index is 12.3. The summed E-state index contributed by atoms with van der Waals surface area (Å²) in [5.74, 6) is -0.269. The number of fused-ring (bicyclic) bond motifs is 1. The molecule has 1 aliphatic rings. The number of rotatable bonds is 3. The number of esters is 1. The molecule has 6 heteroatoms. The van der Waals surface area contributed by atoms with Gasteiger partial charge in [0.15, 0.2) is 5.75 Å². The molecular formula is C18H18N2O4. The van der Waals surface area contributed by atoms with E-state index in [1.807, 2.05) is 26.0 Å². The Morgan fingerprint density at radius 1 is 1.21 bits per heavy atom. The predicted octanol–water partition coefficient (Wildman–Crippen LogP) is 2.37. The molecule has 0 aliphatic carbocycles. The highest BCUT2D eigenvalue weighted by Gasteiger charge is 2.25. The predicted molar refractivity (Wildman–Crippen MR) is 90.5 cm³/mol. The number of nitrogens with one attached hydrogen (secondary N) is 1. The van der Waals surface area contributed by atoms with Gasteiger partial charge in [-0.25, -0.2) is 4.79 Å². The molecule has 3 rings (SSSR count). The highest BCUT2D eigenvalue weighted by Crippen LogP contribution is 2.32. The van der Waals surface area contributed by atoms with Crippen molar-refractivity contribution in [3.63, 3.8) is 0 Å². The molecule has 6 nitrogen and oxygen atoms in total. The summed E-state index contributed by atoms with van der Waals surface area (Å²) in [6.07, 6.45) is 0. The van der Waals surface area contributed by atoms with E-state index in [-0.39, 0.29) is 24.7 Å². The largest absolute Gasteiger partial charge is 0.506 e. The van der Waals surface area contributed by atoms with E-state index in [0.29, 0.717) is 17.1 Å². The Bertz CT molecular complexity index is 817. The number of carbonyl (C=O) groups excluding carboxylic acids is 2. The van der Waals surface area contributed by atoms with Crippen molar-refractivity contribution >= 4 is 23.3 Å². The number of phenolic OH excluding ortho intramolecular Hbond substituents is 1. The lowest BCUT2D eigenvalue weighted by molar-refractivity contribution is -0.133. The Balaban J connectivity index is 1.77. The first kappa shape index (κ1) is 15.9. The van der Waals surface area contributed by atoms with Crippen molar-refractivity contribution in [3.05, 3.63) is 47.5 Å². The quantitative estimate of drug-likeness (QED) is 0.514. The standard InChI is InChI=1S/C18H18N2O4/c1-11-4-6-16-14(7-11)20(10-18(23)24-16)9-17(22)19-13-5-3-12(2)8-15(13)21/h3-8,21H,9-10H2,1-2H3,(H,19,22). The summed E-state index contributed by atoms with van der Waals surface area (Å²) in [5.41, 5.74) is 2.95. The fraction of sp³-hybridized carbons (Fsp3) is 0.222. The average molecular weight is 326 g/mol. The molecule has 124 valence electrons. The summed E-state index contributed by atoms with van der Waals surface area (Å²) in [7, 11) is 0. The van der Waals surface area contributed by atoms with Gasteiger partial charge in [-0.05, 0) is 49.2 Å². The van der Waals surface area contributed by atoms with Crippen LogP contribution in [0.3, 0.4) is 0 Å². The summed E-state index contributed by atoms with van der Waals surface area (Å²) in [6, 6.07) is 10.5. The summed E-state index contributed by atoms with van der Waals surface area (Å²) in [6.45, 7) is 3.77. The van der Waals surface area contributed by atoms with Gasteiger partial charge in [-0.3, -0.25) is 4.79 Å². The van der Waals surface area contributed by atoms with Gasteiger partial charge in [-0.1, -0.05) is 12.1 Å². The minimum absolute atomic E-state index is 0.00372. The number of anilines is 2. The number of nitrogens with zero attached hydrogens (tertiary/aromatic N) is 1. The first-order valence-corrected chi connectivity index (χ1v) is 7.58. The highest BCUT2D eigenvalue weighted by atomic mass is 16.5. The molecular weight excluding hydrogens is 308 g/mol. The van der Waals surface area contributed by atoms with Gasteiger partial charge in [0.25, 0.3) is 0 Å². The Morgan fingerprint density at radius 2 is 1.92 bits per heavy atom. The minimum atomic E-state index is -0.405. The lowest BCUT2D eigenvalue weighted by Gasteiger charge is -2.29. The second kappa shape index (κ2) is 6.23. The van der Waals surface area contributed by atoms with Crippen molar-refractivity contribution in [2.24, 2.45) is 0 Å². The normalized spacial score (nSPS) is 13.2. The van der Waals surface area contributed by atoms with Crippen LogP contribution in [0.1, 0.15) is 11.1 Å². The molecule has 0 radical (unpaired) electrons. The molecule has 0 bridgehead atoms. The monoisotopic (exact) mass is 326 g/mol. The third-order valence-corrected chi connectivity index (χ3v) is 3.76. The topological polar surface area (TPSA) is 78.9 Å². The number of carbonyl (C=O) groups is 2. The van der Waals surface area contributed by atoms with Crippen molar-refractivity contribution in [3.8, 4) is 11.5 Å². The second-order valence-corrected chi connectivity index (χ2v) is 5.87. The van der Waals surface area contributed by atoms with E-state index in [2.05, 4.69) is 5.32 Å². The fourth-order valence-electron chi connectivity index (χ4n) is 2.61. The molecule has 0 aromatic heterocycles. The Labute approximate surface area is 139 Å². The molecule has 2 aromatic rings. The molecule has 1 amide bonds. The van der Waals surface area contributed by atoms with Crippen molar-refractivity contribution in [1.29, 1.82) is 0 Å². The number of aromatic hydroxyl groups is 1. The zero-order chi connectivity index (χ0) is 17.3. The van der Waals surface area contributed by atoms with Crippen molar-refractivity contribution in [1.82, 2.24) is 0 Å². The van der Waals surface area contributed by atoms with Crippen LogP contribution in [0.2, 0.25) is 0 Å². The van der Waals surface area contributed by atoms with E-state index in [4.69, 9.17) is 4.74 Å². The van der Waals surface area contributed by atoms with Crippen LogP contribution in [0, 0.1) is 13.8 Å². The third-order valence-electron chi connectivity index (χ3n) is 3.76. The van der Waals surface area contributed by atoms with E-state index in [1.165, 1.54) is 0 Å². The Kier molecular flexibility index (Phi) is 4.12. The van der Waals surface area contributed by atoms with Crippen LogP contribution in [0.15, 0.2) is 36.4 Å². The van der Waals surface area contributed by atoms with Gasteiger partial charge in [-0.2, -0.15) is 0 Å². The van der Waals surface area contributed by atoms with Crippen molar-refractivity contribution < 1.29 is 19.4 Å². The zero-order valence-electron chi connectivity index (χ0n) is 13.5. The van der Waals surface area contributed by atoms with Crippen LogP contribution in [0.25, 0.3) is 0 Å². The zero-order valence-corrected chi connectivity index (χ0v) is 13.5. The van der Waals surface area contributed by atoms with Gasteiger partial charge >= 0.3 is 5.97 Å². The molecule has 2 aromatic carbocycles. The van der Waals surface area contributed by atoms with Gasteiger partial charge in [0, 0.05) is 0 Å². The van der Waals surface area contributed by atoms with Crippen LogP contribution in [-0.2, 0) is 9.59 Å². The van der Waals surface area contributed by atoms with Gasteiger partial charge in [0.1, 0.15) is 12.3 Å². The van der Waals surface area contributed by atoms with E-state index >= 15 is 0 Å². The fourth-order valence-corrected chi connectivity index (χ4v) is 2.61. The third kappa shape index (κ3) is 3.32. The summed E-state index contributed by atoms with van der Waals surface area (Å²) >= 11 is 0. The molecule has 1 heterocycles. The van der Waals surface area contributed by atoms with Gasteiger partial charge in [-0.15, -0.1) is 0 Å². The van der Waals surface area contributed by atoms with E-state index in [9.17, 15) is 14.7 Å². The molecule has 0 unspecified atom stereocenters. The molecule has 2 N–H and O–H groups in total. The van der Waals surface area contributed by atoms with Crippen molar-refractivity contribution in [2.45, 2.75) is 13.8 Å². The molecule has 0 fully saturated rings. The molecule has 0 saturated heterocycles. The average Bonchev–Trinajstić information content (AvgIpc) is 2.51. The Morgan fingerprint density at radius 3 is 2.67 bits per heavy atom. The first-order chi connectivity index (χ1) is 11.4. The maximum Gasteiger partial charge on any atom is 0.331 e. The second-order valence-electron chi connectivity index (χ2n) is 5.87. The van der Waals surface area contributed by atoms with E-state index in [0.717, 1.165) is 11.1 Å². The first-order valence-electron chi connectivity index (χ1n) is 7.58. The molecule has 0 spiro atoms. The summed E-state index contributed by atoms with van der Waals surface area (Å²) < 4.78 is 5.20. The number of ether oxygens (including phenoxy) is 1. The molecule has 0 saturated carbocycles. The number of hydrogen-bond acceptors (Lipinski definition) is 5. The van der Waals surface area contributed by atoms with E-state index < -0.39 is 5.97 Å². The lowest BCUT2D eigenvalue weighted by Crippen LogP contribution is -2.41. The maximum atomic E-state index is 12.3. The molecule has 1 aliphatic heterocycles. The van der Waals surface area contributed by atoms with Gasteiger partial charge in [0.05, 0.1) is 17.9 Å². The smallest absolute Gasteiger partial charge is 0.331 e. The number of amides is 1. The number of phenols is 1. The van der Waals surface area contributed by atoms with Gasteiger partial charge in [0.2, 0.25) is 5.91 Å². The summed E-state index contributed by atoms with van der Waals surface area (Å²) in [5, 5.41) is 12.5. The number of benzene rings is 2. The number of aryl methyl sites for hydroxylation is 2. The van der Waals surface area contributed by atoms with Crippen LogP contribution in [0.4, 0.5) is 11.4 Å². The van der Waals surface area contributed by atoms with Crippen LogP contribution in [-0.4, -0.2) is 30.1 Å². The summed E-state index contributed by atoms with van der Waals surface area (Å²) in [4.78, 5) is 25.7. The lowest BCUT2D eigenvalue weighted by atomic mass is 10.1. The molecule has 24 heavy (non-hydrogen) atoms. The van der Waals surface area contributed by atoms with E-state index in [1.54, 1.807) is 29.2 Å². The SMILES string of the molecule is Cc1ccc(NC(=O)CN2CC(=O)Oc3ccc(C)cc32)c(O)c1. The highest BCUT2D eigenvalue weighted by molar-refractivity contribution is 5.97.